The summed E-state index contributed by atoms with van der Waals surface area (Å²) in [5.41, 5.74) is 4.58. The van der Waals surface area contributed by atoms with Gasteiger partial charge in [0.15, 0.2) is 11.5 Å². The van der Waals surface area contributed by atoms with Crippen LogP contribution in [-0.4, -0.2) is 54.4 Å². The van der Waals surface area contributed by atoms with Crippen molar-refractivity contribution < 1.29 is 24.4 Å². The summed E-state index contributed by atoms with van der Waals surface area (Å²) in [4.78, 5) is 8.86. The second kappa shape index (κ2) is 9.84. The van der Waals surface area contributed by atoms with E-state index in [4.69, 9.17) is 14.2 Å². The number of fused-ring (bicyclic) bond motifs is 2. The molecule has 0 aliphatic carbocycles. The van der Waals surface area contributed by atoms with Crippen LogP contribution in [0.5, 0.6) is 11.5 Å². The molecule has 0 saturated heterocycles. The van der Waals surface area contributed by atoms with Crippen LogP contribution in [0.15, 0.2) is 47.4 Å². The second-order valence-electron chi connectivity index (χ2n) is 7.63. The molecular formula is C24H27N3O5. The first-order valence-corrected chi connectivity index (χ1v) is 10.5. The number of hydrogen-bond donors (Lipinski definition) is 3. The number of aliphatic hydroxyl groups is 2. The molecule has 2 aliphatic heterocycles. The molecule has 0 atom stereocenters. The maximum absolute atomic E-state index is 9.29. The number of aromatic nitrogens is 1. The van der Waals surface area contributed by atoms with Crippen molar-refractivity contribution in [3.8, 4) is 11.5 Å². The number of aliphatic hydroxyl groups excluding tert-OH is 2. The molecule has 168 valence electrons. The first-order valence-electron chi connectivity index (χ1n) is 10.5. The van der Waals surface area contributed by atoms with E-state index >= 15 is 0 Å². The molecule has 1 aromatic carbocycles. The van der Waals surface area contributed by atoms with Crippen LogP contribution in [0.25, 0.3) is 11.8 Å². The van der Waals surface area contributed by atoms with E-state index in [2.05, 4.69) is 15.3 Å². The Hall–Kier alpha value is -3.36. The number of anilines is 1. The van der Waals surface area contributed by atoms with Crippen molar-refractivity contribution in [2.24, 2.45) is 10.9 Å². The average molecular weight is 437 g/mol. The molecule has 2 aromatic rings. The largest absolute Gasteiger partial charge is 0.493 e. The number of benzene rings is 1. The van der Waals surface area contributed by atoms with E-state index in [1.807, 2.05) is 43.5 Å². The molecule has 8 heteroatoms. The summed E-state index contributed by atoms with van der Waals surface area (Å²) < 4.78 is 17.7. The Morgan fingerprint density at radius 3 is 2.78 bits per heavy atom. The van der Waals surface area contributed by atoms with E-state index in [-0.39, 0.29) is 25.7 Å². The molecule has 0 unspecified atom stereocenters. The van der Waals surface area contributed by atoms with Crippen LogP contribution in [0.1, 0.15) is 23.6 Å². The number of allylic oxidation sites excluding steroid dienone is 1. The highest BCUT2D eigenvalue weighted by molar-refractivity contribution is 6.02. The molecule has 0 radical (unpaired) electrons. The Morgan fingerprint density at radius 1 is 1.16 bits per heavy atom. The van der Waals surface area contributed by atoms with Gasteiger partial charge in [-0.2, -0.15) is 0 Å². The van der Waals surface area contributed by atoms with Crippen LogP contribution in [-0.2, 0) is 11.3 Å². The van der Waals surface area contributed by atoms with E-state index in [0.29, 0.717) is 36.1 Å². The van der Waals surface area contributed by atoms with Gasteiger partial charge in [-0.1, -0.05) is 0 Å². The Balaban J connectivity index is 1.62. The van der Waals surface area contributed by atoms with E-state index in [1.54, 1.807) is 13.3 Å². The lowest BCUT2D eigenvalue weighted by Crippen LogP contribution is -2.20. The number of nitrogens with one attached hydrogen (secondary N) is 1. The molecule has 0 amide bonds. The van der Waals surface area contributed by atoms with Gasteiger partial charge in [0.2, 0.25) is 0 Å². The van der Waals surface area contributed by atoms with Crippen LogP contribution in [0.2, 0.25) is 0 Å². The topological polar surface area (TPSA) is 105 Å². The first kappa shape index (κ1) is 21.9. The summed E-state index contributed by atoms with van der Waals surface area (Å²) >= 11 is 0. The number of hydrogen-bond acceptors (Lipinski definition) is 8. The molecule has 3 heterocycles. The number of rotatable bonds is 8. The average Bonchev–Trinajstić information content (AvgIpc) is 2.98. The monoisotopic (exact) mass is 437 g/mol. The SMILES string of the molecule is COc1cc2c(cc1OCC(CO)CO)NCC=C2OC1=Cc2cnccc2CN=C1C. The van der Waals surface area contributed by atoms with E-state index in [9.17, 15) is 10.2 Å². The minimum absolute atomic E-state index is 0.155. The zero-order valence-electron chi connectivity index (χ0n) is 18.2. The number of pyridine rings is 1. The highest BCUT2D eigenvalue weighted by Crippen LogP contribution is 2.40. The summed E-state index contributed by atoms with van der Waals surface area (Å²) in [6.07, 6.45) is 7.52. The first-order chi connectivity index (χ1) is 15.6. The van der Waals surface area contributed by atoms with Crippen molar-refractivity contribution in [1.82, 2.24) is 4.98 Å². The maximum Gasteiger partial charge on any atom is 0.163 e. The number of ether oxygens (including phenoxy) is 3. The molecule has 0 saturated carbocycles. The fourth-order valence-corrected chi connectivity index (χ4v) is 3.47. The van der Waals surface area contributed by atoms with Gasteiger partial charge in [-0.05, 0) is 36.8 Å². The van der Waals surface area contributed by atoms with Crippen LogP contribution >= 0.6 is 0 Å². The summed E-state index contributed by atoms with van der Waals surface area (Å²) in [6.45, 7) is 2.98. The molecule has 8 nitrogen and oxygen atoms in total. The lowest BCUT2D eigenvalue weighted by molar-refractivity contribution is 0.105. The fraction of sp³-hybridized carbons (Fsp3) is 0.333. The minimum atomic E-state index is -0.357. The number of nitrogens with zero attached hydrogens (tertiary/aromatic N) is 2. The van der Waals surface area contributed by atoms with Gasteiger partial charge in [0.25, 0.3) is 0 Å². The molecule has 2 aliphatic rings. The van der Waals surface area contributed by atoms with Gasteiger partial charge < -0.3 is 29.7 Å². The van der Waals surface area contributed by atoms with E-state index in [0.717, 1.165) is 28.1 Å². The molecule has 0 fully saturated rings. The van der Waals surface area contributed by atoms with Gasteiger partial charge in [-0.25, -0.2) is 0 Å². The van der Waals surface area contributed by atoms with Crippen molar-refractivity contribution in [2.45, 2.75) is 13.5 Å². The lowest BCUT2D eigenvalue weighted by Gasteiger charge is -2.23. The van der Waals surface area contributed by atoms with E-state index in [1.165, 1.54) is 0 Å². The van der Waals surface area contributed by atoms with Crippen molar-refractivity contribution in [2.75, 3.05) is 38.8 Å². The van der Waals surface area contributed by atoms with Crippen molar-refractivity contribution in [3.63, 3.8) is 0 Å². The molecule has 0 spiro atoms. The normalized spacial score (nSPS) is 14.8. The summed E-state index contributed by atoms with van der Waals surface area (Å²) in [7, 11) is 1.57. The van der Waals surface area contributed by atoms with Gasteiger partial charge in [0, 0.05) is 47.7 Å². The Labute approximate surface area is 186 Å². The fourth-order valence-electron chi connectivity index (χ4n) is 3.47. The van der Waals surface area contributed by atoms with Crippen molar-refractivity contribution in [1.29, 1.82) is 0 Å². The smallest absolute Gasteiger partial charge is 0.163 e. The molecule has 1 aromatic heterocycles. The highest BCUT2D eigenvalue weighted by Gasteiger charge is 2.22. The Bertz CT molecular complexity index is 1070. The summed E-state index contributed by atoms with van der Waals surface area (Å²) in [5, 5.41) is 21.9. The van der Waals surface area contributed by atoms with Crippen molar-refractivity contribution >= 4 is 23.2 Å². The van der Waals surface area contributed by atoms with Gasteiger partial charge in [0.05, 0.1) is 39.2 Å². The third-order valence-corrected chi connectivity index (χ3v) is 5.44. The predicted molar refractivity (Wildman–Crippen MR) is 123 cm³/mol. The zero-order valence-corrected chi connectivity index (χ0v) is 18.2. The lowest BCUT2D eigenvalue weighted by atomic mass is 10.1. The molecule has 0 bridgehead atoms. The van der Waals surface area contributed by atoms with Crippen LogP contribution in [0.3, 0.4) is 0 Å². The highest BCUT2D eigenvalue weighted by atomic mass is 16.5. The maximum atomic E-state index is 9.29. The van der Waals surface area contributed by atoms with Gasteiger partial charge in [-0.3, -0.25) is 9.98 Å². The minimum Gasteiger partial charge on any atom is -0.493 e. The second-order valence-corrected chi connectivity index (χ2v) is 7.63. The molecule has 4 rings (SSSR count). The molecular weight excluding hydrogens is 410 g/mol. The van der Waals surface area contributed by atoms with Gasteiger partial charge in [0.1, 0.15) is 11.5 Å². The standard InChI is InChI=1S/C24H27N3O5/c1-15-22(7-18-10-25-5-3-17(18)11-27-15)32-21-4-6-26-20-9-24(23(30-2)8-19(20)21)31-14-16(12-28)13-29/h3-5,7-10,16,26,28-29H,6,11-14H2,1-2H3. The van der Waals surface area contributed by atoms with E-state index < -0.39 is 0 Å². The quantitative estimate of drug-likeness (QED) is 0.583. The van der Waals surface area contributed by atoms with Crippen LogP contribution in [0.4, 0.5) is 5.69 Å². The third-order valence-electron chi connectivity index (χ3n) is 5.44. The third kappa shape index (κ3) is 4.61. The van der Waals surface area contributed by atoms with Crippen LogP contribution < -0.4 is 14.8 Å². The van der Waals surface area contributed by atoms with Gasteiger partial charge in [-0.15, -0.1) is 0 Å². The molecule has 3 N–H and O–H groups in total. The predicted octanol–water partition coefficient (Wildman–Crippen LogP) is 2.87. The van der Waals surface area contributed by atoms with Crippen molar-refractivity contribution in [3.05, 3.63) is 59.1 Å². The Morgan fingerprint density at radius 2 is 2.00 bits per heavy atom. The Kier molecular flexibility index (Phi) is 6.72. The summed E-state index contributed by atoms with van der Waals surface area (Å²) in [6, 6.07) is 5.67. The number of methoxy groups -OCH3 is 1. The van der Waals surface area contributed by atoms with Crippen LogP contribution in [0, 0.1) is 5.92 Å². The zero-order chi connectivity index (χ0) is 22.5. The number of aliphatic imine (C=N–C) groups is 1. The molecule has 32 heavy (non-hydrogen) atoms. The van der Waals surface area contributed by atoms with Gasteiger partial charge >= 0.3 is 0 Å². The summed E-state index contributed by atoms with van der Waals surface area (Å²) in [5.74, 6) is 2.07.